The minimum absolute atomic E-state index is 0.476. The lowest BCUT2D eigenvalue weighted by Gasteiger charge is -2.27. The molecule has 1 aliphatic rings. The molecule has 170 valence electrons. The zero-order valence-corrected chi connectivity index (χ0v) is 18.6. The van der Waals surface area contributed by atoms with Crippen molar-refractivity contribution >= 4 is 11.6 Å². The second-order valence-electron chi connectivity index (χ2n) is 7.84. The van der Waals surface area contributed by atoms with Crippen LogP contribution < -0.4 is 9.64 Å². The van der Waals surface area contributed by atoms with Crippen molar-refractivity contribution in [2.45, 2.75) is 0 Å². The van der Waals surface area contributed by atoms with Crippen LogP contribution in [0.4, 0.5) is 5.95 Å². The van der Waals surface area contributed by atoms with E-state index in [4.69, 9.17) is 29.6 Å². The molecule has 0 aliphatic carbocycles. The Kier molecular flexibility index (Phi) is 5.11. The van der Waals surface area contributed by atoms with Crippen LogP contribution in [-0.2, 0) is 4.74 Å². The summed E-state index contributed by atoms with van der Waals surface area (Å²) in [6.07, 6.45) is 5.37. The molecule has 4 aromatic heterocycles. The van der Waals surface area contributed by atoms with Gasteiger partial charge in [-0.25, -0.2) is 4.68 Å². The molecule has 0 unspecified atom stereocenters. The van der Waals surface area contributed by atoms with Crippen molar-refractivity contribution in [1.29, 1.82) is 0 Å². The molecule has 0 saturated carbocycles. The van der Waals surface area contributed by atoms with Gasteiger partial charge >= 0.3 is 0 Å². The largest absolute Gasteiger partial charge is 0.497 e. The maximum atomic E-state index is 5.54. The van der Waals surface area contributed by atoms with Gasteiger partial charge in [0.2, 0.25) is 5.95 Å². The molecule has 1 fully saturated rings. The van der Waals surface area contributed by atoms with Gasteiger partial charge in [-0.05, 0) is 30.3 Å². The molecule has 5 aromatic rings. The molecular formula is C24H22N8O2. The molecule has 0 bridgehead atoms. The van der Waals surface area contributed by atoms with Gasteiger partial charge < -0.3 is 14.4 Å². The number of methoxy groups -OCH3 is 1. The summed E-state index contributed by atoms with van der Waals surface area (Å²) >= 11 is 0. The third-order valence-electron chi connectivity index (χ3n) is 5.72. The van der Waals surface area contributed by atoms with Gasteiger partial charge in [0.15, 0.2) is 5.65 Å². The fraction of sp³-hybridized carbons (Fsp3) is 0.208. The van der Waals surface area contributed by atoms with Gasteiger partial charge in [-0.2, -0.15) is 24.7 Å². The summed E-state index contributed by atoms with van der Waals surface area (Å²) < 4.78 is 14.4. The molecule has 0 amide bonds. The maximum absolute atomic E-state index is 5.54. The molecule has 1 aromatic carbocycles. The zero-order valence-electron chi connectivity index (χ0n) is 18.6. The van der Waals surface area contributed by atoms with Crippen LogP contribution in [0.3, 0.4) is 0 Å². The minimum Gasteiger partial charge on any atom is -0.497 e. The standard InChI is InChI=1S/C24H22N8O2/c1-33-19-4-2-3-18(15-19)20-7-10-31(28-20)23-26-22-16-21(17-5-8-25-9-6-17)29-32(22)24(27-23)30-11-13-34-14-12-30/h2-10,15-16H,11-14H2,1H3. The van der Waals surface area contributed by atoms with Gasteiger partial charge in [-0.3, -0.25) is 4.98 Å². The van der Waals surface area contributed by atoms with Crippen LogP contribution in [0.5, 0.6) is 5.75 Å². The number of aromatic nitrogens is 7. The number of rotatable bonds is 5. The summed E-state index contributed by atoms with van der Waals surface area (Å²) in [6, 6.07) is 15.6. The first-order chi connectivity index (χ1) is 16.8. The highest BCUT2D eigenvalue weighted by atomic mass is 16.5. The van der Waals surface area contributed by atoms with Crippen LogP contribution >= 0.6 is 0 Å². The molecule has 34 heavy (non-hydrogen) atoms. The van der Waals surface area contributed by atoms with E-state index >= 15 is 0 Å². The molecular weight excluding hydrogens is 432 g/mol. The van der Waals surface area contributed by atoms with Crippen molar-refractivity contribution in [2.24, 2.45) is 0 Å². The second kappa shape index (κ2) is 8.56. The number of fused-ring (bicyclic) bond motifs is 1. The lowest BCUT2D eigenvalue weighted by molar-refractivity contribution is 0.121. The quantitative estimate of drug-likeness (QED) is 0.400. The molecule has 0 N–H and O–H groups in total. The number of hydrogen-bond acceptors (Lipinski definition) is 8. The van der Waals surface area contributed by atoms with Crippen molar-refractivity contribution in [3.8, 4) is 34.2 Å². The van der Waals surface area contributed by atoms with Gasteiger partial charge in [-0.1, -0.05) is 12.1 Å². The van der Waals surface area contributed by atoms with Crippen molar-refractivity contribution < 1.29 is 9.47 Å². The SMILES string of the molecule is COc1cccc(-c2ccn(-c3nc(N4CCOCC4)n4nc(-c5ccncc5)cc4n3)n2)c1. The second-order valence-corrected chi connectivity index (χ2v) is 7.84. The first-order valence-corrected chi connectivity index (χ1v) is 11.0. The fourth-order valence-corrected chi connectivity index (χ4v) is 3.97. The van der Waals surface area contributed by atoms with Crippen LogP contribution in [0.1, 0.15) is 0 Å². The Labute approximate surface area is 195 Å². The van der Waals surface area contributed by atoms with Gasteiger partial charge in [0.05, 0.1) is 31.7 Å². The van der Waals surface area contributed by atoms with Crippen molar-refractivity contribution in [2.75, 3.05) is 38.3 Å². The number of ether oxygens (including phenoxy) is 2. The smallest absolute Gasteiger partial charge is 0.255 e. The third-order valence-corrected chi connectivity index (χ3v) is 5.72. The highest BCUT2D eigenvalue weighted by molar-refractivity contribution is 5.65. The summed E-state index contributed by atoms with van der Waals surface area (Å²) in [6.45, 7) is 2.73. The van der Waals surface area contributed by atoms with Crippen LogP contribution in [0.15, 0.2) is 67.1 Å². The van der Waals surface area contributed by atoms with Crippen molar-refractivity contribution in [1.82, 2.24) is 34.3 Å². The number of nitrogens with zero attached hydrogens (tertiary/aromatic N) is 8. The average Bonchev–Trinajstić information content (AvgIpc) is 3.57. The van der Waals surface area contributed by atoms with Gasteiger partial charge in [0.25, 0.3) is 5.95 Å². The zero-order chi connectivity index (χ0) is 22.9. The Morgan fingerprint density at radius 2 is 1.74 bits per heavy atom. The lowest BCUT2D eigenvalue weighted by Crippen LogP contribution is -2.38. The molecule has 10 heteroatoms. The topological polar surface area (TPSA) is 95.5 Å². The summed E-state index contributed by atoms with van der Waals surface area (Å²) in [5, 5.41) is 9.54. The molecule has 0 radical (unpaired) electrons. The van der Waals surface area contributed by atoms with E-state index in [-0.39, 0.29) is 0 Å². The molecule has 1 aliphatic heterocycles. The summed E-state index contributed by atoms with van der Waals surface area (Å²) in [5.41, 5.74) is 4.23. The Morgan fingerprint density at radius 3 is 2.56 bits per heavy atom. The Balaban J connectivity index is 1.45. The highest BCUT2D eigenvalue weighted by Gasteiger charge is 2.21. The van der Waals surface area contributed by atoms with Gasteiger partial charge in [-0.15, -0.1) is 0 Å². The van der Waals surface area contributed by atoms with E-state index in [0.717, 1.165) is 41.4 Å². The Morgan fingerprint density at radius 1 is 0.882 bits per heavy atom. The van der Waals surface area contributed by atoms with Gasteiger partial charge in [0.1, 0.15) is 5.75 Å². The fourth-order valence-electron chi connectivity index (χ4n) is 3.97. The Bertz CT molecular complexity index is 1440. The molecule has 0 spiro atoms. The normalized spacial score (nSPS) is 14.0. The van der Waals surface area contributed by atoms with Crippen LogP contribution in [0.25, 0.3) is 34.1 Å². The van der Waals surface area contributed by atoms with E-state index in [1.165, 1.54) is 0 Å². The van der Waals surface area contributed by atoms with Crippen LogP contribution in [0, 0.1) is 0 Å². The monoisotopic (exact) mass is 454 g/mol. The van der Waals surface area contributed by atoms with E-state index in [2.05, 4.69) is 9.88 Å². The van der Waals surface area contributed by atoms with Gasteiger partial charge in [0, 0.05) is 48.9 Å². The van der Waals surface area contributed by atoms with Crippen molar-refractivity contribution in [3.05, 3.63) is 67.1 Å². The summed E-state index contributed by atoms with van der Waals surface area (Å²) in [4.78, 5) is 15.9. The predicted molar refractivity (Wildman–Crippen MR) is 126 cm³/mol. The lowest BCUT2D eigenvalue weighted by atomic mass is 10.1. The number of hydrogen-bond donors (Lipinski definition) is 0. The number of benzene rings is 1. The summed E-state index contributed by atoms with van der Waals surface area (Å²) in [5.74, 6) is 1.97. The van der Waals surface area contributed by atoms with E-state index in [9.17, 15) is 0 Å². The Hall–Kier alpha value is -4.31. The van der Waals surface area contributed by atoms with Crippen LogP contribution in [0.2, 0.25) is 0 Å². The third kappa shape index (κ3) is 3.73. The predicted octanol–water partition coefficient (Wildman–Crippen LogP) is 2.88. The molecule has 0 atom stereocenters. The average molecular weight is 454 g/mol. The number of pyridine rings is 1. The summed E-state index contributed by atoms with van der Waals surface area (Å²) in [7, 11) is 1.65. The van der Waals surface area contributed by atoms with Crippen LogP contribution in [-0.4, -0.2) is 67.8 Å². The minimum atomic E-state index is 0.476. The van der Waals surface area contributed by atoms with E-state index < -0.39 is 0 Å². The first kappa shape index (κ1) is 20.3. The molecule has 1 saturated heterocycles. The van der Waals surface area contributed by atoms with E-state index in [0.29, 0.717) is 30.8 Å². The molecule has 6 rings (SSSR count). The van der Waals surface area contributed by atoms with E-state index in [1.807, 2.05) is 54.7 Å². The maximum Gasteiger partial charge on any atom is 0.255 e. The van der Waals surface area contributed by atoms with Crippen molar-refractivity contribution in [3.63, 3.8) is 0 Å². The van der Waals surface area contributed by atoms with E-state index in [1.54, 1.807) is 28.7 Å². The molecule has 5 heterocycles. The molecule has 10 nitrogen and oxygen atoms in total. The highest BCUT2D eigenvalue weighted by Crippen LogP contribution is 2.25. The first-order valence-electron chi connectivity index (χ1n) is 11.0. The number of morpholine rings is 1. The number of anilines is 1.